The normalized spacial score (nSPS) is 11.5. The smallest absolute Gasteiger partial charge is 0.254 e. The zero-order valence-corrected chi connectivity index (χ0v) is 20.0. The lowest BCUT2D eigenvalue weighted by molar-refractivity contribution is -0.117. The Morgan fingerprint density at radius 2 is 1.73 bits per heavy atom. The van der Waals surface area contributed by atoms with Gasteiger partial charge in [0.1, 0.15) is 18.2 Å². The van der Waals surface area contributed by atoms with E-state index in [0.29, 0.717) is 11.4 Å². The maximum Gasteiger partial charge on any atom is 0.254 e. The van der Waals surface area contributed by atoms with Gasteiger partial charge < -0.3 is 10.2 Å². The standard InChI is InChI=1S/C26H31FN4O2/c1-17(2)30(25(33)19-11-13-20(27)14-12-19)16-24(32)28-23-15-22(26(4,5)6)29-31(23)21-10-8-7-9-18(21)3/h7-15,17H,16H2,1-6H3,(H,28,32). The van der Waals surface area contributed by atoms with Crippen LogP contribution in [0.5, 0.6) is 0 Å². The number of amides is 2. The molecule has 0 aliphatic rings. The van der Waals surface area contributed by atoms with Crippen LogP contribution in [-0.2, 0) is 10.2 Å². The van der Waals surface area contributed by atoms with E-state index in [9.17, 15) is 14.0 Å². The molecule has 0 unspecified atom stereocenters. The van der Waals surface area contributed by atoms with Crippen LogP contribution in [-0.4, -0.2) is 39.1 Å². The molecule has 0 aliphatic heterocycles. The molecule has 3 rings (SSSR count). The number of rotatable bonds is 6. The highest BCUT2D eigenvalue weighted by Gasteiger charge is 2.25. The van der Waals surface area contributed by atoms with E-state index in [2.05, 4.69) is 26.1 Å². The number of anilines is 1. The Balaban J connectivity index is 1.88. The highest BCUT2D eigenvalue weighted by molar-refractivity contribution is 5.99. The molecule has 2 aromatic carbocycles. The maximum absolute atomic E-state index is 13.3. The van der Waals surface area contributed by atoms with Crippen LogP contribution in [0.1, 0.15) is 56.2 Å². The molecule has 0 aliphatic carbocycles. The molecule has 33 heavy (non-hydrogen) atoms. The van der Waals surface area contributed by atoms with Crippen LogP contribution >= 0.6 is 0 Å². The van der Waals surface area contributed by atoms with Crippen molar-refractivity contribution in [3.63, 3.8) is 0 Å². The van der Waals surface area contributed by atoms with Crippen molar-refractivity contribution in [1.29, 1.82) is 0 Å². The Morgan fingerprint density at radius 3 is 2.30 bits per heavy atom. The molecule has 0 bridgehead atoms. The Bertz CT molecular complexity index is 1140. The molecule has 1 aromatic heterocycles. The number of para-hydroxylation sites is 1. The van der Waals surface area contributed by atoms with E-state index in [1.165, 1.54) is 29.2 Å². The van der Waals surface area contributed by atoms with Gasteiger partial charge in [-0.2, -0.15) is 5.10 Å². The van der Waals surface area contributed by atoms with Gasteiger partial charge in [-0.25, -0.2) is 9.07 Å². The summed E-state index contributed by atoms with van der Waals surface area (Å²) >= 11 is 0. The quantitative estimate of drug-likeness (QED) is 0.568. The van der Waals surface area contributed by atoms with Crippen molar-refractivity contribution in [2.45, 2.75) is 53.0 Å². The Morgan fingerprint density at radius 1 is 1.09 bits per heavy atom. The van der Waals surface area contributed by atoms with Crippen LogP contribution in [0.3, 0.4) is 0 Å². The first-order valence-corrected chi connectivity index (χ1v) is 11.0. The van der Waals surface area contributed by atoms with Gasteiger partial charge in [0.2, 0.25) is 5.91 Å². The first-order valence-electron chi connectivity index (χ1n) is 11.0. The van der Waals surface area contributed by atoms with E-state index in [1.807, 2.05) is 51.1 Å². The summed E-state index contributed by atoms with van der Waals surface area (Å²) in [7, 11) is 0. The van der Waals surface area contributed by atoms with Crippen LogP contribution in [0.25, 0.3) is 5.69 Å². The molecule has 3 aromatic rings. The first kappa shape index (κ1) is 24.2. The molecule has 7 heteroatoms. The van der Waals surface area contributed by atoms with E-state index in [-0.39, 0.29) is 29.8 Å². The number of nitrogens with one attached hydrogen (secondary N) is 1. The van der Waals surface area contributed by atoms with E-state index in [4.69, 9.17) is 5.10 Å². The third-order valence-electron chi connectivity index (χ3n) is 5.38. The zero-order valence-electron chi connectivity index (χ0n) is 20.0. The fraction of sp³-hybridized carbons (Fsp3) is 0.346. The lowest BCUT2D eigenvalue weighted by Crippen LogP contribution is -2.42. The third-order valence-corrected chi connectivity index (χ3v) is 5.38. The minimum atomic E-state index is -0.417. The molecule has 0 atom stereocenters. The maximum atomic E-state index is 13.3. The van der Waals surface area contributed by atoms with Crippen LogP contribution in [0.4, 0.5) is 10.2 Å². The number of aromatic nitrogens is 2. The SMILES string of the molecule is Cc1ccccc1-n1nc(C(C)(C)C)cc1NC(=O)CN(C(=O)c1ccc(F)cc1)C(C)C. The number of hydrogen-bond acceptors (Lipinski definition) is 3. The molecular formula is C26H31FN4O2. The van der Waals surface area contributed by atoms with E-state index >= 15 is 0 Å². The molecule has 0 fully saturated rings. The highest BCUT2D eigenvalue weighted by atomic mass is 19.1. The van der Waals surface area contributed by atoms with Crippen molar-refractivity contribution in [3.05, 3.63) is 77.2 Å². The van der Waals surface area contributed by atoms with E-state index in [1.54, 1.807) is 4.68 Å². The van der Waals surface area contributed by atoms with Crippen molar-refractivity contribution >= 4 is 17.6 Å². The van der Waals surface area contributed by atoms with Gasteiger partial charge in [-0.3, -0.25) is 9.59 Å². The second-order valence-electron chi connectivity index (χ2n) is 9.44. The number of carbonyl (C=O) groups is 2. The molecule has 2 amide bonds. The van der Waals surface area contributed by atoms with Crippen molar-refractivity contribution < 1.29 is 14.0 Å². The molecule has 1 heterocycles. The fourth-order valence-corrected chi connectivity index (χ4v) is 3.41. The zero-order chi connectivity index (χ0) is 24.3. The highest BCUT2D eigenvalue weighted by Crippen LogP contribution is 2.27. The van der Waals surface area contributed by atoms with Gasteiger partial charge in [0.15, 0.2) is 0 Å². The summed E-state index contributed by atoms with van der Waals surface area (Å²) in [5, 5.41) is 7.69. The van der Waals surface area contributed by atoms with Gasteiger partial charge in [-0.15, -0.1) is 0 Å². The van der Waals surface area contributed by atoms with Gasteiger partial charge in [-0.1, -0.05) is 39.0 Å². The van der Waals surface area contributed by atoms with Crippen molar-refractivity contribution in [2.24, 2.45) is 0 Å². The predicted molar refractivity (Wildman–Crippen MR) is 128 cm³/mol. The first-order chi connectivity index (χ1) is 15.5. The van der Waals surface area contributed by atoms with Gasteiger partial charge in [-0.05, 0) is 56.7 Å². The minimum Gasteiger partial charge on any atom is -0.327 e. The van der Waals surface area contributed by atoms with Crippen LogP contribution in [0, 0.1) is 12.7 Å². The van der Waals surface area contributed by atoms with Gasteiger partial charge in [0.25, 0.3) is 5.91 Å². The Kier molecular flexibility index (Phi) is 7.01. The summed E-state index contributed by atoms with van der Waals surface area (Å²) in [6.45, 7) is 11.7. The molecule has 0 saturated carbocycles. The van der Waals surface area contributed by atoms with E-state index in [0.717, 1.165) is 16.9 Å². The van der Waals surface area contributed by atoms with Crippen molar-refractivity contribution in [1.82, 2.24) is 14.7 Å². The van der Waals surface area contributed by atoms with Crippen LogP contribution < -0.4 is 5.32 Å². The molecule has 0 radical (unpaired) electrons. The number of halogens is 1. The number of carbonyl (C=O) groups excluding carboxylic acids is 2. The summed E-state index contributed by atoms with van der Waals surface area (Å²) in [5.41, 5.74) is 2.84. The molecular weight excluding hydrogens is 419 g/mol. The molecule has 1 N–H and O–H groups in total. The molecule has 0 spiro atoms. The Labute approximate surface area is 194 Å². The summed E-state index contributed by atoms with van der Waals surface area (Å²) in [6.07, 6.45) is 0. The summed E-state index contributed by atoms with van der Waals surface area (Å²) < 4.78 is 15.0. The van der Waals surface area contributed by atoms with Gasteiger partial charge >= 0.3 is 0 Å². The van der Waals surface area contributed by atoms with Crippen LogP contribution in [0.15, 0.2) is 54.6 Å². The Hall–Kier alpha value is -3.48. The average Bonchev–Trinajstić information content (AvgIpc) is 3.16. The average molecular weight is 451 g/mol. The number of hydrogen-bond donors (Lipinski definition) is 1. The van der Waals surface area contributed by atoms with E-state index < -0.39 is 5.82 Å². The summed E-state index contributed by atoms with van der Waals surface area (Å²) in [5.74, 6) is -0.547. The summed E-state index contributed by atoms with van der Waals surface area (Å²) in [6, 6.07) is 14.8. The second-order valence-corrected chi connectivity index (χ2v) is 9.44. The molecule has 0 saturated heterocycles. The lowest BCUT2D eigenvalue weighted by Gasteiger charge is -2.26. The minimum absolute atomic E-state index is 0.141. The largest absolute Gasteiger partial charge is 0.327 e. The number of benzene rings is 2. The predicted octanol–water partition coefficient (Wildman–Crippen LogP) is 5.11. The second kappa shape index (κ2) is 9.57. The lowest BCUT2D eigenvalue weighted by atomic mass is 9.92. The van der Waals surface area contributed by atoms with Crippen molar-refractivity contribution in [2.75, 3.05) is 11.9 Å². The van der Waals surface area contributed by atoms with Gasteiger partial charge in [0.05, 0.1) is 11.4 Å². The fourth-order valence-electron chi connectivity index (χ4n) is 3.41. The van der Waals surface area contributed by atoms with Gasteiger partial charge in [0, 0.05) is 23.1 Å². The van der Waals surface area contributed by atoms with Crippen LogP contribution in [0.2, 0.25) is 0 Å². The summed E-state index contributed by atoms with van der Waals surface area (Å²) in [4.78, 5) is 27.5. The topological polar surface area (TPSA) is 67.2 Å². The third kappa shape index (κ3) is 5.66. The molecule has 174 valence electrons. The molecule has 6 nitrogen and oxygen atoms in total. The number of aryl methyl sites for hydroxylation is 1. The monoisotopic (exact) mass is 450 g/mol. The van der Waals surface area contributed by atoms with Crippen molar-refractivity contribution in [3.8, 4) is 5.69 Å². The number of nitrogens with zero attached hydrogens (tertiary/aromatic N) is 3.